The van der Waals surface area contributed by atoms with Crippen molar-refractivity contribution in [3.05, 3.63) is 29.8 Å². The third-order valence-corrected chi connectivity index (χ3v) is 6.22. The summed E-state index contributed by atoms with van der Waals surface area (Å²) >= 11 is 0. The van der Waals surface area contributed by atoms with Gasteiger partial charge in [0.25, 0.3) is 5.91 Å². The highest BCUT2D eigenvalue weighted by Crippen LogP contribution is 2.18. The van der Waals surface area contributed by atoms with Gasteiger partial charge in [0.2, 0.25) is 0 Å². The molecule has 1 aromatic carbocycles. The molecule has 0 radical (unpaired) electrons. The first-order valence-corrected chi connectivity index (χ1v) is 9.28. The van der Waals surface area contributed by atoms with Gasteiger partial charge in [-0.3, -0.25) is 4.79 Å². The van der Waals surface area contributed by atoms with Crippen LogP contribution in [0.25, 0.3) is 0 Å². The first kappa shape index (κ1) is 18.3. The van der Waals surface area contributed by atoms with Gasteiger partial charge in [0.15, 0.2) is 9.84 Å². The van der Waals surface area contributed by atoms with Crippen LogP contribution in [-0.4, -0.2) is 68.8 Å². The molecule has 1 aliphatic heterocycles. The molecule has 132 valence electrons. The minimum atomic E-state index is -3.35. The Morgan fingerprint density at radius 2 is 1.50 bits per heavy atom. The van der Waals surface area contributed by atoms with Crippen molar-refractivity contribution in [3.8, 4) is 0 Å². The number of amides is 2. The molecule has 0 bridgehead atoms. The maximum Gasteiger partial charge on any atom is 0.409 e. The third kappa shape index (κ3) is 3.69. The Kier molecular flexibility index (Phi) is 5.48. The van der Waals surface area contributed by atoms with E-state index in [1.54, 1.807) is 23.6 Å². The maximum absolute atomic E-state index is 12.5. The summed E-state index contributed by atoms with van der Waals surface area (Å²) < 4.78 is 28.9. The second kappa shape index (κ2) is 7.21. The average Bonchev–Trinajstić information content (AvgIpc) is 2.60. The molecular weight excluding hydrogens is 332 g/mol. The fraction of sp³-hybridized carbons (Fsp3) is 0.500. The molecule has 1 saturated heterocycles. The largest absolute Gasteiger partial charge is 0.453 e. The van der Waals surface area contributed by atoms with E-state index in [2.05, 4.69) is 4.74 Å². The topological polar surface area (TPSA) is 84.0 Å². The first-order valence-electron chi connectivity index (χ1n) is 7.73. The SMILES string of the molecule is COC(=O)N1CCN(C(=O)c2ccc(S(=O)(=O)C(C)C)cc2)CC1. The Labute approximate surface area is 142 Å². The summed E-state index contributed by atoms with van der Waals surface area (Å²) in [7, 11) is -2.02. The van der Waals surface area contributed by atoms with E-state index >= 15 is 0 Å². The van der Waals surface area contributed by atoms with Gasteiger partial charge in [0.1, 0.15) is 0 Å². The van der Waals surface area contributed by atoms with Crippen LogP contribution in [-0.2, 0) is 14.6 Å². The summed E-state index contributed by atoms with van der Waals surface area (Å²) in [5.74, 6) is -0.173. The van der Waals surface area contributed by atoms with Gasteiger partial charge in [-0.05, 0) is 38.1 Å². The smallest absolute Gasteiger partial charge is 0.409 e. The van der Waals surface area contributed by atoms with E-state index < -0.39 is 21.2 Å². The highest BCUT2D eigenvalue weighted by Gasteiger charge is 2.26. The zero-order chi connectivity index (χ0) is 17.9. The quantitative estimate of drug-likeness (QED) is 0.819. The van der Waals surface area contributed by atoms with E-state index in [9.17, 15) is 18.0 Å². The first-order chi connectivity index (χ1) is 11.3. The lowest BCUT2D eigenvalue weighted by molar-refractivity contribution is 0.0599. The molecular formula is C16H22N2O5S. The molecule has 0 atom stereocenters. The van der Waals surface area contributed by atoms with Crippen LogP contribution in [0.3, 0.4) is 0 Å². The summed E-state index contributed by atoms with van der Waals surface area (Å²) in [6.45, 7) is 4.90. The Morgan fingerprint density at radius 3 is 1.96 bits per heavy atom. The Bertz CT molecular complexity index is 704. The molecule has 24 heavy (non-hydrogen) atoms. The third-order valence-electron chi connectivity index (χ3n) is 4.05. The number of benzene rings is 1. The summed E-state index contributed by atoms with van der Waals surface area (Å²) in [5.41, 5.74) is 0.434. The van der Waals surface area contributed by atoms with E-state index in [0.29, 0.717) is 31.7 Å². The second-order valence-electron chi connectivity index (χ2n) is 5.87. The molecule has 1 aliphatic rings. The van der Waals surface area contributed by atoms with Gasteiger partial charge in [-0.25, -0.2) is 13.2 Å². The lowest BCUT2D eigenvalue weighted by atomic mass is 10.2. The molecule has 0 saturated carbocycles. The van der Waals surface area contributed by atoms with Crippen LogP contribution in [0.2, 0.25) is 0 Å². The molecule has 0 spiro atoms. The van der Waals surface area contributed by atoms with Crippen LogP contribution < -0.4 is 0 Å². The van der Waals surface area contributed by atoms with Crippen molar-refractivity contribution in [1.82, 2.24) is 9.80 Å². The summed E-state index contributed by atoms with van der Waals surface area (Å²) in [6.07, 6.45) is -0.398. The Morgan fingerprint density at radius 1 is 1.00 bits per heavy atom. The zero-order valence-electron chi connectivity index (χ0n) is 14.1. The van der Waals surface area contributed by atoms with Gasteiger partial charge in [0.05, 0.1) is 17.3 Å². The second-order valence-corrected chi connectivity index (χ2v) is 8.37. The van der Waals surface area contributed by atoms with Crippen LogP contribution in [0, 0.1) is 0 Å². The molecule has 2 amide bonds. The lowest BCUT2D eigenvalue weighted by Gasteiger charge is -2.33. The number of carbonyl (C=O) groups excluding carboxylic acids is 2. The molecule has 1 heterocycles. The lowest BCUT2D eigenvalue weighted by Crippen LogP contribution is -2.50. The van der Waals surface area contributed by atoms with Gasteiger partial charge < -0.3 is 14.5 Å². The molecule has 0 aliphatic carbocycles. The number of carbonyl (C=O) groups is 2. The zero-order valence-corrected chi connectivity index (χ0v) is 14.9. The van der Waals surface area contributed by atoms with Crippen LogP contribution in [0.5, 0.6) is 0 Å². The van der Waals surface area contributed by atoms with Crippen molar-refractivity contribution in [1.29, 1.82) is 0 Å². The normalized spacial score (nSPS) is 15.5. The number of hydrogen-bond acceptors (Lipinski definition) is 5. The number of sulfone groups is 1. The van der Waals surface area contributed by atoms with E-state index in [4.69, 9.17) is 0 Å². The molecule has 1 aromatic rings. The number of hydrogen-bond donors (Lipinski definition) is 0. The standard InChI is InChI=1S/C16H22N2O5S/c1-12(2)24(21,22)14-6-4-13(5-7-14)15(19)17-8-10-18(11-9-17)16(20)23-3/h4-7,12H,8-11H2,1-3H3. The predicted octanol–water partition coefficient (Wildman–Crippen LogP) is 1.39. The van der Waals surface area contributed by atoms with Crippen LogP contribution in [0.1, 0.15) is 24.2 Å². The molecule has 2 rings (SSSR count). The number of methoxy groups -OCH3 is 1. The minimum Gasteiger partial charge on any atom is -0.453 e. The molecule has 1 fully saturated rings. The highest BCUT2D eigenvalue weighted by molar-refractivity contribution is 7.92. The molecule has 7 nitrogen and oxygen atoms in total. The van der Waals surface area contributed by atoms with E-state index in [1.165, 1.54) is 31.4 Å². The van der Waals surface area contributed by atoms with Gasteiger partial charge in [-0.2, -0.15) is 0 Å². The number of rotatable bonds is 3. The van der Waals surface area contributed by atoms with E-state index in [0.717, 1.165) is 0 Å². The van der Waals surface area contributed by atoms with E-state index in [-0.39, 0.29) is 10.8 Å². The van der Waals surface area contributed by atoms with Crippen LogP contribution in [0.4, 0.5) is 4.79 Å². The van der Waals surface area contributed by atoms with Crippen LogP contribution in [0.15, 0.2) is 29.2 Å². The van der Waals surface area contributed by atoms with Crippen molar-refractivity contribution < 1.29 is 22.7 Å². The Balaban J connectivity index is 2.05. The van der Waals surface area contributed by atoms with Crippen molar-refractivity contribution >= 4 is 21.8 Å². The van der Waals surface area contributed by atoms with Crippen LogP contribution >= 0.6 is 0 Å². The molecule has 0 aromatic heterocycles. The summed E-state index contributed by atoms with van der Waals surface area (Å²) in [5, 5.41) is -0.509. The minimum absolute atomic E-state index is 0.173. The van der Waals surface area contributed by atoms with Gasteiger partial charge in [-0.15, -0.1) is 0 Å². The van der Waals surface area contributed by atoms with Gasteiger partial charge >= 0.3 is 6.09 Å². The Hall–Kier alpha value is -2.09. The maximum atomic E-state index is 12.5. The highest BCUT2D eigenvalue weighted by atomic mass is 32.2. The number of ether oxygens (including phenoxy) is 1. The number of piperazine rings is 1. The molecule has 0 N–H and O–H groups in total. The van der Waals surface area contributed by atoms with Crippen molar-refractivity contribution in [2.45, 2.75) is 24.0 Å². The van der Waals surface area contributed by atoms with Gasteiger partial charge in [-0.1, -0.05) is 0 Å². The number of nitrogens with zero attached hydrogens (tertiary/aromatic N) is 2. The monoisotopic (exact) mass is 354 g/mol. The van der Waals surface area contributed by atoms with Crippen molar-refractivity contribution in [2.24, 2.45) is 0 Å². The summed E-state index contributed by atoms with van der Waals surface area (Å²) in [6, 6.07) is 6.00. The molecule has 8 heteroatoms. The fourth-order valence-corrected chi connectivity index (χ4v) is 3.52. The predicted molar refractivity (Wildman–Crippen MR) is 88.6 cm³/mol. The van der Waals surface area contributed by atoms with Crippen molar-refractivity contribution in [2.75, 3.05) is 33.3 Å². The van der Waals surface area contributed by atoms with Gasteiger partial charge in [0, 0.05) is 31.7 Å². The average molecular weight is 354 g/mol. The molecule has 0 unspecified atom stereocenters. The summed E-state index contributed by atoms with van der Waals surface area (Å²) in [4.78, 5) is 27.3. The van der Waals surface area contributed by atoms with Crippen molar-refractivity contribution in [3.63, 3.8) is 0 Å². The van der Waals surface area contributed by atoms with E-state index in [1.807, 2.05) is 0 Å². The fourth-order valence-electron chi connectivity index (χ4n) is 2.46.